The molecule has 2 heterocycles. The molecule has 1 saturated carbocycles. The zero-order valence-electron chi connectivity index (χ0n) is 25.9. The van der Waals surface area contributed by atoms with E-state index >= 15 is 8.78 Å². The van der Waals surface area contributed by atoms with Gasteiger partial charge in [-0.25, -0.2) is 26.9 Å². The highest BCUT2D eigenvalue weighted by atomic mass is 35.5. The minimum Gasteiger partial charge on any atom is -0.502 e. The summed E-state index contributed by atoms with van der Waals surface area (Å²) >= 11 is 14.2. The fourth-order valence-electron chi connectivity index (χ4n) is 7.68. The van der Waals surface area contributed by atoms with Gasteiger partial charge in [0.2, 0.25) is 23.4 Å². The number of phenolic OH excluding ortho intramolecular Hbond substituents is 1. The van der Waals surface area contributed by atoms with Crippen molar-refractivity contribution in [3.8, 4) is 17.2 Å². The van der Waals surface area contributed by atoms with Gasteiger partial charge in [-0.15, -0.1) is 23.2 Å². The number of carbonyl (C=O) groups excluding carboxylic acids is 4. The van der Waals surface area contributed by atoms with Crippen LogP contribution in [0, 0.1) is 46.8 Å². The number of amides is 4. The summed E-state index contributed by atoms with van der Waals surface area (Å²) in [5, 5.41) is 10.6. The summed E-state index contributed by atoms with van der Waals surface area (Å²) in [6.07, 6.45) is 0.919. The molecule has 0 spiro atoms. The summed E-state index contributed by atoms with van der Waals surface area (Å²) in [6, 6.07) is 2.47. The van der Waals surface area contributed by atoms with Crippen LogP contribution in [0.2, 0.25) is 0 Å². The molecular weight excluding hydrogens is 690 g/mol. The Hall–Kier alpha value is -3.91. The number of allylic oxidation sites excluding steroid dienone is 2. The highest BCUT2D eigenvalue weighted by molar-refractivity contribution is 6.58. The van der Waals surface area contributed by atoms with E-state index in [1.807, 2.05) is 0 Å². The quantitative estimate of drug-likeness (QED) is 0.112. The molecule has 4 aliphatic rings. The number of methoxy groups -OCH3 is 2. The van der Waals surface area contributed by atoms with Crippen molar-refractivity contribution in [1.82, 2.24) is 4.90 Å². The molecule has 2 aromatic carbocycles. The number of aromatic hydroxyl groups is 1. The molecule has 0 aromatic heterocycles. The topological polar surface area (TPSA) is 113 Å². The average Bonchev–Trinajstić information content (AvgIpc) is 3.38. The number of imide groups is 2. The fraction of sp³-hybridized carbons (Fsp3) is 0.438. The number of phenols is 1. The Kier molecular flexibility index (Phi) is 7.64. The molecule has 0 radical (unpaired) electrons. The summed E-state index contributed by atoms with van der Waals surface area (Å²) < 4.78 is 83.8. The van der Waals surface area contributed by atoms with E-state index in [0.29, 0.717) is 0 Å². The average molecular weight is 717 g/mol. The van der Waals surface area contributed by atoms with E-state index in [9.17, 15) is 37.5 Å². The van der Waals surface area contributed by atoms with Crippen LogP contribution in [0.15, 0.2) is 23.8 Å². The Morgan fingerprint density at radius 3 is 1.85 bits per heavy atom. The van der Waals surface area contributed by atoms with Crippen molar-refractivity contribution < 1.29 is 55.7 Å². The Balaban J connectivity index is 1.64. The molecule has 0 bridgehead atoms. The van der Waals surface area contributed by atoms with Gasteiger partial charge in [0.1, 0.15) is 5.69 Å². The van der Waals surface area contributed by atoms with Gasteiger partial charge in [-0.2, -0.15) is 0 Å². The van der Waals surface area contributed by atoms with E-state index in [2.05, 4.69) is 0 Å². The summed E-state index contributed by atoms with van der Waals surface area (Å²) in [6.45, 7) is 4.96. The van der Waals surface area contributed by atoms with E-state index in [1.54, 1.807) is 26.8 Å². The second kappa shape index (κ2) is 10.8. The maximum Gasteiger partial charge on any atom is 0.258 e. The minimum absolute atomic E-state index is 0.0117. The van der Waals surface area contributed by atoms with Crippen LogP contribution >= 0.6 is 23.2 Å². The summed E-state index contributed by atoms with van der Waals surface area (Å²) in [5.41, 5.74) is -2.57. The smallest absolute Gasteiger partial charge is 0.258 e. The van der Waals surface area contributed by atoms with Crippen molar-refractivity contribution in [3.63, 3.8) is 0 Å². The maximum atomic E-state index is 15.2. The van der Waals surface area contributed by atoms with Gasteiger partial charge >= 0.3 is 0 Å². The molecule has 2 aliphatic heterocycles. The number of alkyl halides is 2. The van der Waals surface area contributed by atoms with Crippen molar-refractivity contribution in [3.05, 3.63) is 58.4 Å². The van der Waals surface area contributed by atoms with Crippen molar-refractivity contribution in [1.29, 1.82) is 0 Å². The first-order chi connectivity index (χ1) is 22.3. The highest BCUT2D eigenvalue weighted by Gasteiger charge is 2.77. The lowest BCUT2D eigenvalue weighted by atomic mass is 9.56. The second-order valence-electron chi connectivity index (χ2n) is 13.1. The number of carbonyl (C=O) groups is 4. The van der Waals surface area contributed by atoms with E-state index in [1.165, 1.54) is 26.4 Å². The first-order valence-electron chi connectivity index (χ1n) is 14.6. The number of fused-ring (bicyclic) bond motifs is 4. The highest BCUT2D eigenvalue weighted by Crippen LogP contribution is 2.66. The first-order valence-corrected chi connectivity index (χ1v) is 15.4. The summed E-state index contributed by atoms with van der Waals surface area (Å²) in [7, 11) is 2.40. The molecule has 0 unspecified atom stereocenters. The maximum absolute atomic E-state index is 15.2. The van der Waals surface area contributed by atoms with Crippen LogP contribution in [-0.2, 0) is 19.2 Å². The second-order valence-corrected chi connectivity index (χ2v) is 14.4. The zero-order valence-corrected chi connectivity index (χ0v) is 27.4. The monoisotopic (exact) mass is 716 g/mol. The third kappa shape index (κ3) is 4.14. The molecule has 6 atom stereocenters. The van der Waals surface area contributed by atoms with Crippen LogP contribution in [0.1, 0.15) is 45.1 Å². The zero-order chi connectivity index (χ0) is 35.6. The van der Waals surface area contributed by atoms with Gasteiger partial charge in [0.25, 0.3) is 11.8 Å². The number of nitrogens with zero attached hydrogens (tertiary/aromatic N) is 2. The molecule has 16 heteroatoms. The number of hydrogen-bond donors (Lipinski definition) is 1. The van der Waals surface area contributed by atoms with E-state index < -0.39 is 110 Å². The number of rotatable bonds is 4. The third-order valence-corrected chi connectivity index (χ3v) is 11.1. The predicted molar refractivity (Wildman–Crippen MR) is 159 cm³/mol. The molecule has 48 heavy (non-hydrogen) atoms. The van der Waals surface area contributed by atoms with Gasteiger partial charge in [0, 0.05) is 11.5 Å². The number of halogens is 7. The van der Waals surface area contributed by atoms with Crippen LogP contribution in [0.4, 0.5) is 27.6 Å². The molecule has 2 aromatic rings. The Bertz CT molecular complexity index is 1830. The molecule has 6 rings (SSSR count). The lowest BCUT2D eigenvalue weighted by molar-refractivity contribution is -0.145. The Morgan fingerprint density at radius 1 is 0.833 bits per heavy atom. The molecule has 4 amide bonds. The number of likely N-dealkylation sites (tertiary alicyclic amines) is 1. The van der Waals surface area contributed by atoms with Crippen molar-refractivity contribution >= 4 is 52.5 Å². The normalized spacial score (nSPS) is 30.0. The van der Waals surface area contributed by atoms with Crippen molar-refractivity contribution in [2.24, 2.45) is 17.8 Å². The largest absolute Gasteiger partial charge is 0.502 e. The molecule has 256 valence electrons. The molecule has 3 fully saturated rings. The first kappa shape index (κ1) is 34.0. The molecule has 2 aliphatic carbocycles. The van der Waals surface area contributed by atoms with Crippen LogP contribution in [0.25, 0.3) is 0 Å². The SMILES string of the molecule is COc1cc([C@H]2C3=CC[C@@H]4C(=O)N(C(C)(C)C)C(=O)[C@@H]4[C@@H]3C[C@@]3(Cl)C(=O)N(c4c(F)c(F)c(F)c(F)c4F)C(=O)[C@@]23Cl)cc(OC)c1O. The van der Waals surface area contributed by atoms with E-state index in [4.69, 9.17) is 32.7 Å². The van der Waals surface area contributed by atoms with E-state index in [-0.39, 0.29) is 34.0 Å². The molecule has 9 nitrogen and oxygen atoms in total. The molecule has 2 saturated heterocycles. The lowest BCUT2D eigenvalue weighted by Gasteiger charge is -2.50. The van der Waals surface area contributed by atoms with Gasteiger partial charge in [0.05, 0.1) is 26.1 Å². The molecular formula is C32H27Cl2F5N2O7. The Morgan fingerprint density at radius 2 is 1.35 bits per heavy atom. The van der Waals surface area contributed by atoms with Crippen molar-refractivity contribution in [2.75, 3.05) is 19.1 Å². The van der Waals surface area contributed by atoms with Crippen LogP contribution in [-0.4, -0.2) is 63.1 Å². The lowest BCUT2D eigenvalue weighted by Crippen LogP contribution is -2.60. The van der Waals surface area contributed by atoms with Gasteiger partial charge in [0.15, 0.2) is 44.5 Å². The number of hydrogen-bond acceptors (Lipinski definition) is 7. The van der Waals surface area contributed by atoms with Crippen LogP contribution in [0.5, 0.6) is 17.2 Å². The third-order valence-electron chi connectivity index (χ3n) is 9.73. The number of ether oxygens (including phenoxy) is 2. The minimum atomic E-state index is -2.73. The van der Waals surface area contributed by atoms with Crippen LogP contribution in [0.3, 0.4) is 0 Å². The van der Waals surface area contributed by atoms with Crippen molar-refractivity contribution in [2.45, 2.75) is 54.8 Å². The van der Waals surface area contributed by atoms with Gasteiger partial charge in [-0.1, -0.05) is 11.6 Å². The molecule has 1 N–H and O–H groups in total. The van der Waals surface area contributed by atoms with Gasteiger partial charge in [-0.3, -0.25) is 24.1 Å². The Labute approximate surface area is 280 Å². The van der Waals surface area contributed by atoms with E-state index in [0.717, 1.165) is 4.90 Å². The fourth-order valence-corrected chi connectivity index (χ4v) is 8.62. The summed E-state index contributed by atoms with van der Waals surface area (Å²) in [5.74, 6) is -22.2. The number of anilines is 1. The summed E-state index contributed by atoms with van der Waals surface area (Å²) in [4.78, 5) is 51.6. The van der Waals surface area contributed by atoms with Gasteiger partial charge < -0.3 is 14.6 Å². The van der Waals surface area contributed by atoms with Crippen LogP contribution < -0.4 is 14.4 Å². The predicted octanol–water partition coefficient (Wildman–Crippen LogP) is 5.47. The number of benzene rings is 2. The standard InChI is InChI=1S/C32H27Cl2F5N2O7/c1-30(2,3)41-26(43)13-7-6-12-14(17(13)27(41)44)10-31(33)28(45)40(24-22(38)20(36)19(35)21(37)23(24)39)29(46)32(31,34)18(12)11-8-15(47-4)25(42)16(9-11)48-5/h6,8-9,13-14,17-18,42H,7,10H2,1-5H3/t13-,14+,17-,18-,31+,32-/m0/s1. The van der Waals surface area contributed by atoms with Gasteiger partial charge in [-0.05, 0) is 57.2 Å².